The number of hydrogen-bond donors (Lipinski definition) is 3. The van der Waals surface area contributed by atoms with Gasteiger partial charge < -0.3 is 15.5 Å². The van der Waals surface area contributed by atoms with E-state index in [1.54, 1.807) is 35.7 Å². The third kappa shape index (κ3) is 6.46. The minimum atomic E-state index is -3.71. The fourth-order valence-corrected chi connectivity index (χ4v) is 9.30. The van der Waals surface area contributed by atoms with Crippen LogP contribution in [0.3, 0.4) is 0 Å². The lowest BCUT2D eigenvalue weighted by molar-refractivity contribution is -0.141. The van der Waals surface area contributed by atoms with E-state index in [9.17, 15) is 28.2 Å². The Hall–Kier alpha value is -2.66. The molecule has 0 fully saturated rings. The van der Waals surface area contributed by atoms with Gasteiger partial charge in [0.2, 0.25) is 5.91 Å². The molecule has 0 spiro atoms. The van der Waals surface area contributed by atoms with Crippen LogP contribution in [0.15, 0.2) is 75.8 Å². The lowest BCUT2D eigenvalue weighted by Crippen LogP contribution is -2.42. The number of sulfone groups is 1. The lowest BCUT2D eigenvalue weighted by Gasteiger charge is -2.39. The van der Waals surface area contributed by atoms with Gasteiger partial charge in [-0.25, -0.2) is 13.2 Å². The Morgan fingerprint density at radius 3 is 2.50 bits per heavy atom. The minimum absolute atomic E-state index is 0.0470. The lowest BCUT2D eigenvalue weighted by atomic mass is 9.69. The number of aliphatic carboxylic acids is 1. The first kappa shape index (κ1) is 30.3. The smallest absolute Gasteiger partial charge is 0.331 e. The van der Waals surface area contributed by atoms with Crippen molar-refractivity contribution in [3.8, 4) is 0 Å². The van der Waals surface area contributed by atoms with Crippen molar-refractivity contribution < 1.29 is 28.2 Å². The van der Waals surface area contributed by atoms with Gasteiger partial charge >= 0.3 is 5.97 Å². The number of hydrogen-bond acceptors (Lipinski definition) is 7. The molecule has 3 N–H and O–H groups in total. The number of thioether (sulfide) groups is 1. The first-order chi connectivity index (χ1) is 19.1. The van der Waals surface area contributed by atoms with Crippen molar-refractivity contribution in [2.45, 2.75) is 67.4 Å². The number of fused-ring (bicyclic) bond motifs is 1. The average Bonchev–Trinajstić information content (AvgIpc) is 3.46. The molecule has 2 aromatic carbocycles. The van der Waals surface area contributed by atoms with Crippen LogP contribution in [0.4, 0.5) is 0 Å². The fourth-order valence-electron chi connectivity index (χ4n) is 5.53. The van der Waals surface area contributed by atoms with E-state index in [1.165, 1.54) is 23.1 Å². The van der Waals surface area contributed by atoms with Crippen LogP contribution in [0.1, 0.15) is 67.5 Å². The highest BCUT2D eigenvalue weighted by molar-refractivity contribution is 8.00. The van der Waals surface area contributed by atoms with Crippen LogP contribution in [0.25, 0.3) is 0 Å². The van der Waals surface area contributed by atoms with Crippen molar-refractivity contribution in [2.24, 2.45) is 5.41 Å². The van der Waals surface area contributed by atoms with Crippen molar-refractivity contribution in [1.29, 1.82) is 0 Å². The summed E-state index contributed by atoms with van der Waals surface area (Å²) in [5.74, 6) is -2.32. The SMILES string of the molecule is CCCCC1(CC)CS(=O)(=O)c2ccc(SCC(=O)NC(C(=O)O)c3cccs3)cc2C(c2ccccc2)C1O. The molecule has 0 saturated carbocycles. The maximum Gasteiger partial charge on any atom is 0.331 e. The number of carboxylic acid groups (broad SMARTS) is 1. The summed E-state index contributed by atoms with van der Waals surface area (Å²) in [7, 11) is -3.71. The molecule has 3 aromatic rings. The Bertz CT molecular complexity index is 1420. The van der Waals surface area contributed by atoms with Crippen LogP contribution in [0.2, 0.25) is 0 Å². The molecule has 0 bridgehead atoms. The molecule has 0 aliphatic carbocycles. The van der Waals surface area contributed by atoms with Gasteiger partial charge in [-0.3, -0.25) is 4.79 Å². The Kier molecular flexibility index (Phi) is 9.76. The maximum absolute atomic E-state index is 13.8. The molecule has 40 heavy (non-hydrogen) atoms. The monoisotopic (exact) mass is 601 g/mol. The van der Waals surface area contributed by atoms with Gasteiger partial charge in [0, 0.05) is 21.1 Å². The van der Waals surface area contributed by atoms with Crippen LogP contribution >= 0.6 is 23.1 Å². The molecule has 4 atom stereocenters. The van der Waals surface area contributed by atoms with E-state index in [0.29, 0.717) is 28.2 Å². The number of thiophene rings is 1. The van der Waals surface area contributed by atoms with Gasteiger partial charge in [-0.1, -0.05) is 63.1 Å². The Morgan fingerprint density at radius 2 is 1.88 bits per heavy atom. The van der Waals surface area contributed by atoms with Crippen LogP contribution in [0.5, 0.6) is 0 Å². The molecule has 1 aliphatic rings. The first-order valence-corrected chi connectivity index (χ1v) is 16.9. The molecule has 2 heterocycles. The number of unbranched alkanes of at least 4 members (excludes halogenated alkanes) is 1. The zero-order valence-electron chi connectivity index (χ0n) is 22.6. The third-order valence-electron chi connectivity index (χ3n) is 7.71. The molecular formula is C30H35NO6S3. The number of aliphatic hydroxyl groups excluding tert-OH is 1. The van der Waals surface area contributed by atoms with Gasteiger partial charge in [-0.05, 0) is 53.6 Å². The normalized spacial score (nSPS) is 22.6. The Morgan fingerprint density at radius 1 is 1.12 bits per heavy atom. The number of carbonyl (C=O) groups excluding carboxylic acids is 1. The second kappa shape index (κ2) is 12.9. The molecule has 1 aliphatic heterocycles. The minimum Gasteiger partial charge on any atom is -0.479 e. The first-order valence-electron chi connectivity index (χ1n) is 13.4. The highest BCUT2D eigenvalue weighted by Gasteiger charge is 2.48. The second-order valence-electron chi connectivity index (χ2n) is 10.3. The standard InChI is InChI=1S/C30H35NO6S3/c1-3-5-15-30(4-2)19-40(36,37)24-14-13-21(17-22(24)26(28(30)33)20-10-7-6-8-11-20)39-18-25(32)31-27(29(34)35)23-12-9-16-38-23/h6-14,16-17,26-28,33H,3-5,15,18-19H2,1-2H3,(H,31,32)(H,34,35). The average molecular weight is 602 g/mol. The summed E-state index contributed by atoms with van der Waals surface area (Å²) in [6, 6.07) is 16.8. The Labute approximate surface area is 243 Å². The van der Waals surface area contributed by atoms with E-state index in [0.717, 1.165) is 18.4 Å². The molecule has 4 rings (SSSR count). The van der Waals surface area contributed by atoms with Gasteiger partial charge in [0.15, 0.2) is 15.9 Å². The van der Waals surface area contributed by atoms with Crippen molar-refractivity contribution in [2.75, 3.05) is 11.5 Å². The highest BCUT2D eigenvalue weighted by Crippen LogP contribution is 2.49. The largest absolute Gasteiger partial charge is 0.479 e. The van der Waals surface area contributed by atoms with E-state index >= 15 is 0 Å². The van der Waals surface area contributed by atoms with Crippen molar-refractivity contribution >= 4 is 44.8 Å². The molecule has 1 amide bonds. The van der Waals surface area contributed by atoms with Crippen LogP contribution in [-0.2, 0) is 19.4 Å². The number of benzene rings is 2. The summed E-state index contributed by atoms with van der Waals surface area (Å²) in [6.07, 6.45) is 1.93. The molecule has 10 heteroatoms. The fraction of sp³-hybridized carbons (Fsp3) is 0.400. The van der Waals surface area contributed by atoms with E-state index in [-0.39, 0.29) is 16.4 Å². The summed E-state index contributed by atoms with van der Waals surface area (Å²) in [5, 5.41) is 25.9. The molecule has 214 valence electrons. The maximum atomic E-state index is 13.8. The van der Waals surface area contributed by atoms with E-state index in [1.807, 2.05) is 37.3 Å². The third-order valence-corrected chi connectivity index (χ3v) is 11.6. The van der Waals surface area contributed by atoms with Crippen LogP contribution < -0.4 is 5.32 Å². The van der Waals surface area contributed by atoms with Crippen molar-refractivity contribution in [3.63, 3.8) is 0 Å². The molecule has 7 nitrogen and oxygen atoms in total. The number of amides is 1. The zero-order valence-corrected chi connectivity index (χ0v) is 25.0. The predicted octanol–water partition coefficient (Wildman–Crippen LogP) is 5.65. The number of carboxylic acids is 1. The van der Waals surface area contributed by atoms with Gasteiger partial charge in [0.25, 0.3) is 0 Å². The topological polar surface area (TPSA) is 121 Å². The van der Waals surface area contributed by atoms with Crippen LogP contribution in [-0.4, -0.2) is 48.1 Å². The molecule has 1 aromatic heterocycles. The highest BCUT2D eigenvalue weighted by atomic mass is 32.2. The Balaban J connectivity index is 1.68. The quantitative estimate of drug-likeness (QED) is 0.243. The number of carbonyl (C=O) groups is 2. The van der Waals surface area contributed by atoms with E-state index in [2.05, 4.69) is 12.2 Å². The summed E-state index contributed by atoms with van der Waals surface area (Å²) in [5.41, 5.74) is 0.565. The number of nitrogens with one attached hydrogen (secondary N) is 1. The van der Waals surface area contributed by atoms with Gasteiger partial charge in [0.05, 0.1) is 22.5 Å². The van der Waals surface area contributed by atoms with Gasteiger partial charge in [-0.15, -0.1) is 23.1 Å². The molecule has 0 radical (unpaired) electrons. The second-order valence-corrected chi connectivity index (χ2v) is 14.2. The van der Waals surface area contributed by atoms with Gasteiger partial charge in [0.1, 0.15) is 0 Å². The number of aliphatic hydroxyl groups is 1. The van der Waals surface area contributed by atoms with E-state index in [4.69, 9.17) is 0 Å². The van der Waals surface area contributed by atoms with Crippen LogP contribution in [0, 0.1) is 5.41 Å². The van der Waals surface area contributed by atoms with Crippen molar-refractivity contribution in [1.82, 2.24) is 5.32 Å². The summed E-state index contributed by atoms with van der Waals surface area (Å²) >= 11 is 2.45. The molecule has 4 unspecified atom stereocenters. The number of rotatable bonds is 11. The summed E-state index contributed by atoms with van der Waals surface area (Å²) in [6.45, 7) is 4.01. The summed E-state index contributed by atoms with van der Waals surface area (Å²) < 4.78 is 27.6. The van der Waals surface area contributed by atoms with E-state index < -0.39 is 45.2 Å². The predicted molar refractivity (Wildman–Crippen MR) is 159 cm³/mol. The summed E-state index contributed by atoms with van der Waals surface area (Å²) in [4.78, 5) is 25.8. The van der Waals surface area contributed by atoms with Crippen molar-refractivity contribution in [3.05, 3.63) is 82.0 Å². The molecular weight excluding hydrogens is 567 g/mol. The van der Waals surface area contributed by atoms with Gasteiger partial charge in [-0.2, -0.15) is 0 Å². The molecule has 0 saturated heterocycles. The zero-order chi connectivity index (χ0) is 28.9.